The minimum absolute atomic E-state index is 0.0382. The molecule has 2 N–H and O–H groups in total. The molecule has 20 heavy (non-hydrogen) atoms. The Hall–Kier alpha value is -0.910. The molecule has 110 valence electrons. The fourth-order valence-corrected chi connectivity index (χ4v) is 4.12. The van der Waals surface area contributed by atoms with E-state index in [1.807, 2.05) is 0 Å². The Labute approximate surface area is 129 Å². The highest BCUT2D eigenvalue weighted by atomic mass is 32.1. The van der Waals surface area contributed by atoms with Gasteiger partial charge in [-0.2, -0.15) is 0 Å². The molecule has 1 atom stereocenters. The van der Waals surface area contributed by atoms with Crippen LogP contribution in [0.2, 0.25) is 0 Å². The van der Waals surface area contributed by atoms with Crippen LogP contribution < -0.4 is 10.6 Å². The fraction of sp³-hybridized carbons (Fsp3) is 0.533. The quantitative estimate of drug-likeness (QED) is 0.922. The second kappa shape index (κ2) is 5.84. The largest absolute Gasteiger partial charge is 0.344 e. The molecule has 0 spiro atoms. The maximum atomic E-state index is 5.89. The number of anilines is 1. The van der Waals surface area contributed by atoms with E-state index >= 15 is 0 Å². The minimum Gasteiger partial charge on any atom is -0.344 e. The van der Waals surface area contributed by atoms with Crippen LogP contribution in [-0.2, 0) is 12.0 Å². The molecule has 1 unspecified atom stereocenters. The van der Waals surface area contributed by atoms with E-state index in [1.54, 1.807) is 22.7 Å². The summed E-state index contributed by atoms with van der Waals surface area (Å²) in [4.78, 5) is 9.64. The van der Waals surface area contributed by atoms with Gasteiger partial charge in [0.1, 0.15) is 0 Å². The smallest absolute Gasteiger partial charge is 0.186 e. The van der Waals surface area contributed by atoms with Crippen molar-refractivity contribution in [3.8, 4) is 0 Å². The van der Waals surface area contributed by atoms with E-state index in [0.717, 1.165) is 10.8 Å². The van der Waals surface area contributed by atoms with E-state index in [4.69, 9.17) is 10.7 Å². The molecule has 0 amide bonds. The van der Waals surface area contributed by atoms with Crippen molar-refractivity contribution in [3.63, 3.8) is 0 Å². The molecule has 2 aromatic rings. The highest BCUT2D eigenvalue weighted by Gasteiger charge is 2.25. The zero-order valence-electron chi connectivity index (χ0n) is 12.8. The number of nitrogens with two attached hydrogens (primary N) is 1. The lowest BCUT2D eigenvalue weighted by atomic mass is 9.91. The third kappa shape index (κ3) is 3.05. The van der Waals surface area contributed by atoms with Crippen LogP contribution in [0.4, 0.5) is 5.13 Å². The van der Waals surface area contributed by atoms with Crippen molar-refractivity contribution in [2.75, 3.05) is 11.9 Å². The Morgan fingerprint density at radius 2 is 2.10 bits per heavy atom. The Balaban J connectivity index is 2.31. The van der Waals surface area contributed by atoms with Crippen LogP contribution in [-0.4, -0.2) is 12.0 Å². The average molecular weight is 310 g/mol. The summed E-state index contributed by atoms with van der Waals surface area (Å²) in [7, 11) is 2.11. The molecule has 0 saturated heterocycles. The molecular weight excluding hydrogens is 286 g/mol. The zero-order chi connectivity index (χ0) is 14.9. The van der Waals surface area contributed by atoms with Gasteiger partial charge in [-0.25, -0.2) is 4.98 Å². The van der Waals surface area contributed by atoms with Gasteiger partial charge in [-0.1, -0.05) is 26.8 Å². The van der Waals surface area contributed by atoms with E-state index in [-0.39, 0.29) is 5.41 Å². The van der Waals surface area contributed by atoms with Crippen molar-refractivity contribution in [2.24, 2.45) is 5.73 Å². The third-order valence-corrected chi connectivity index (χ3v) is 5.63. The van der Waals surface area contributed by atoms with Crippen molar-refractivity contribution in [1.82, 2.24) is 4.98 Å². The Morgan fingerprint density at radius 1 is 1.40 bits per heavy atom. The van der Waals surface area contributed by atoms with Gasteiger partial charge in [-0.05, 0) is 18.4 Å². The maximum Gasteiger partial charge on any atom is 0.186 e. The molecule has 0 saturated carbocycles. The molecule has 0 aliphatic rings. The van der Waals surface area contributed by atoms with Crippen LogP contribution in [0, 0.1) is 0 Å². The summed E-state index contributed by atoms with van der Waals surface area (Å²) < 4.78 is 0. The predicted octanol–water partition coefficient (Wildman–Crippen LogP) is 4.16. The van der Waals surface area contributed by atoms with Gasteiger partial charge in [0.2, 0.25) is 0 Å². The van der Waals surface area contributed by atoms with Crippen LogP contribution in [0.5, 0.6) is 0 Å². The monoisotopic (exact) mass is 309 g/mol. The molecule has 3 nitrogen and oxygen atoms in total. The summed E-state index contributed by atoms with van der Waals surface area (Å²) in [5, 5.41) is 3.17. The van der Waals surface area contributed by atoms with Gasteiger partial charge in [0.25, 0.3) is 0 Å². The summed E-state index contributed by atoms with van der Waals surface area (Å²) in [5.74, 6) is 0. The third-order valence-electron chi connectivity index (χ3n) is 3.42. The van der Waals surface area contributed by atoms with E-state index < -0.39 is 0 Å². The van der Waals surface area contributed by atoms with Crippen LogP contribution in [0.15, 0.2) is 17.5 Å². The topological polar surface area (TPSA) is 42.2 Å². The van der Waals surface area contributed by atoms with E-state index in [2.05, 4.69) is 57.2 Å². The lowest BCUT2D eigenvalue weighted by Crippen LogP contribution is -2.21. The van der Waals surface area contributed by atoms with Gasteiger partial charge in [0.15, 0.2) is 5.13 Å². The molecular formula is C15H23N3S2. The van der Waals surface area contributed by atoms with Crippen molar-refractivity contribution in [2.45, 2.75) is 45.7 Å². The second-order valence-corrected chi connectivity index (χ2v) is 8.07. The molecule has 0 bridgehead atoms. The molecule has 0 radical (unpaired) electrons. The summed E-state index contributed by atoms with van der Waals surface area (Å²) in [6.07, 6.45) is 0. The van der Waals surface area contributed by atoms with Crippen molar-refractivity contribution >= 4 is 27.8 Å². The molecule has 0 aliphatic carbocycles. The molecule has 2 aromatic heterocycles. The zero-order valence-corrected chi connectivity index (χ0v) is 14.4. The van der Waals surface area contributed by atoms with Crippen molar-refractivity contribution in [1.29, 1.82) is 0 Å². The first-order valence-electron chi connectivity index (χ1n) is 6.81. The van der Waals surface area contributed by atoms with Gasteiger partial charge in [0.05, 0.1) is 11.7 Å². The molecule has 2 rings (SSSR count). The Morgan fingerprint density at radius 3 is 2.55 bits per heavy atom. The fourth-order valence-electron chi connectivity index (χ4n) is 2.10. The number of thiophene rings is 1. The molecule has 5 heteroatoms. The van der Waals surface area contributed by atoms with Crippen LogP contribution >= 0.6 is 22.7 Å². The van der Waals surface area contributed by atoms with Crippen molar-refractivity contribution < 1.29 is 0 Å². The SMILES string of the molecule is CC(c1cccs1)N(C)c1nc(C(C)(C)C)c(CN)s1. The van der Waals surface area contributed by atoms with E-state index in [0.29, 0.717) is 12.6 Å². The van der Waals surface area contributed by atoms with E-state index in [1.165, 1.54) is 9.75 Å². The lowest BCUT2D eigenvalue weighted by Gasteiger charge is -2.23. The Bertz CT molecular complexity index is 552. The summed E-state index contributed by atoms with van der Waals surface area (Å²) in [5.41, 5.74) is 7.05. The molecule has 0 aliphatic heterocycles. The molecule has 2 heterocycles. The second-order valence-electron chi connectivity index (χ2n) is 6.02. The first-order chi connectivity index (χ1) is 9.34. The van der Waals surface area contributed by atoms with Gasteiger partial charge in [-0.15, -0.1) is 22.7 Å². The maximum absolute atomic E-state index is 5.89. The van der Waals surface area contributed by atoms with Gasteiger partial charge < -0.3 is 10.6 Å². The Kier molecular flexibility index (Phi) is 4.52. The van der Waals surface area contributed by atoms with Crippen LogP contribution in [0.25, 0.3) is 0 Å². The number of hydrogen-bond acceptors (Lipinski definition) is 5. The van der Waals surface area contributed by atoms with Crippen LogP contribution in [0.3, 0.4) is 0 Å². The number of aromatic nitrogens is 1. The molecule has 0 aromatic carbocycles. The normalized spacial score (nSPS) is 13.5. The average Bonchev–Trinajstić information content (AvgIpc) is 3.04. The minimum atomic E-state index is 0.0382. The van der Waals surface area contributed by atoms with Crippen molar-refractivity contribution in [3.05, 3.63) is 33.0 Å². The highest BCUT2D eigenvalue weighted by molar-refractivity contribution is 7.15. The number of hydrogen-bond donors (Lipinski definition) is 1. The highest BCUT2D eigenvalue weighted by Crippen LogP contribution is 2.36. The van der Waals surface area contributed by atoms with Gasteiger partial charge in [0, 0.05) is 28.8 Å². The first kappa shape index (κ1) is 15.5. The summed E-state index contributed by atoms with van der Waals surface area (Å²) in [6.45, 7) is 9.34. The lowest BCUT2D eigenvalue weighted by molar-refractivity contribution is 0.565. The summed E-state index contributed by atoms with van der Waals surface area (Å²) >= 11 is 3.50. The predicted molar refractivity (Wildman–Crippen MR) is 89.8 cm³/mol. The number of rotatable bonds is 4. The standard InChI is InChI=1S/C15H23N3S2/c1-10(11-7-6-8-19-11)18(5)14-17-13(15(2,3)4)12(9-16)20-14/h6-8,10H,9,16H2,1-5H3. The van der Waals surface area contributed by atoms with Crippen LogP contribution in [0.1, 0.15) is 49.2 Å². The van der Waals surface area contributed by atoms with Gasteiger partial charge in [-0.3, -0.25) is 0 Å². The molecule has 0 fully saturated rings. The number of nitrogens with zero attached hydrogens (tertiary/aromatic N) is 2. The summed E-state index contributed by atoms with van der Waals surface area (Å²) in [6, 6.07) is 4.60. The first-order valence-corrected chi connectivity index (χ1v) is 8.50. The number of thiazole rings is 1. The van der Waals surface area contributed by atoms with Gasteiger partial charge >= 0.3 is 0 Å². The van der Waals surface area contributed by atoms with E-state index in [9.17, 15) is 0 Å².